The number of hydrogen-bond donors (Lipinski definition) is 1. The highest BCUT2D eigenvalue weighted by molar-refractivity contribution is 7.22. The second kappa shape index (κ2) is 8.89. The molecule has 0 unspecified atom stereocenters. The molecule has 1 amide bonds. The van der Waals surface area contributed by atoms with Gasteiger partial charge < -0.3 is 9.47 Å². The van der Waals surface area contributed by atoms with Gasteiger partial charge in [0.15, 0.2) is 16.6 Å². The van der Waals surface area contributed by atoms with Crippen molar-refractivity contribution < 1.29 is 14.3 Å². The van der Waals surface area contributed by atoms with Crippen molar-refractivity contribution >= 4 is 38.7 Å². The number of anilines is 1. The smallest absolute Gasteiger partial charge is 0.250 e. The number of carbonyl (C=O) groups excluding carboxylic acids is 1. The molecular weight excluding hydrogens is 372 g/mol. The second-order valence-electron chi connectivity index (χ2n) is 6.53. The summed E-state index contributed by atoms with van der Waals surface area (Å²) in [5, 5.41) is 3.44. The minimum absolute atomic E-state index is 0.223. The molecule has 2 aromatic carbocycles. The fourth-order valence-electron chi connectivity index (χ4n) is 2.86. The summed E-state index contributed by atoms with van der Waals surface area (Å²) in [6.45, 7) is 6.77. The third kappa shape index (κ3) is 4.70. The summed E-state index contributed by atoms with van der Waals surface area (Å²) in [6, 6.07) is 9.76. The number of nitrogens with one attached hydrogen (secondary N) is 1. The first-order valence-electron chi connectivity index (χ1n) is 9.18. The first-order chi connectivity index (χ1) is 13.5. The standard InChI is InChI=1S/C22H24N2O3S/c1-5-10-27-17-8-6-16(13-18(17)26-4)7-9-20(25)23-22-24-21-15(3)11-14(2)12-19(21)28-22/h6-9,11-13H,5,10H2,1-4H3,(H,23,24,25)/b9-7+. The van der Waals surface area contributed by atoms with Crippen LogP contribution in [0.15, 0.2) is 36.4 Å². The fourth-order valence-corrected chi connectivity index (χ4v) is 3.91. The summed E-state index contributed by atoms with van der Waals surface area (Å²) < 4.78 is 12.1. The molecule has 5 nitrogen and oxygen atoms in total. The summed E-state index contributed by atoms with van der Waals surface area (Å²) in [6.07, 6.45) is 4.16. The summed E-state index contributed by atoms with van der Waals surface area (Å²) in [5.74, 6) is 1.12. The first kappa shape index (κ1) is 19.9. The second-order valence-corrected chi connectivity index (χ2v) is 7.56. The highest BCUT2D eigenvalue weighted by atomic mass is 32.1. The number of rotatable bonds is 7. The Labute approximate surface area is 169 Å². The van der Waals surface area contributed by atoms with Crippen molar-refractivity contribution in [1.82, 2.24) is 4.98 Å². The summed E-state index contributed by atoms with van der Waals surface area (Å²) in [5.41, 5.74) is 4.08. The number of carbonyl (C=O) groups is 1. The molecule has 0 saturated carbocycles. The van der Waals surface area contributed by atoms with Gasteiger partial charge in [-0.05, 0) is 61.2 Å². The Morgan fingerprint density at radius 1 is 1.21 bits per heavy atom. The first-order valence-corrected chi connectivity index (χ1v) is 9.99. The molecule has 28 heavy (non-hydrogen) atoms. The number of aromatic nitrogens is 1. The lowest BCUT2D eigenvalue weighted by Crippen LogP contribution is -2.07. The molecule has 0 aliphatic heterocycles. The lowest BCUT2D eigenvalue weighted by Gasteiger charge is -2.10. The number of ether oxygens (including phenoxy) is 2. The zero-order valence-electron chi connectivity index (χ0n) is 16.5. The van der Waals surface area contributed by atoms with Crippen LogP contribution >= 0.6 is 11.3 Å². The number of benzene rings is 2. The van der Waals surface area contributed by atoms with Gasteiger partial charge in [-0.2, -0.15) is 0 Å². The molecule has 0 saturated heterocycles. The molecule has 3 rings (SSSR count). The van der Waals surface area contributed by atoms with Crippen LogP contribution in [-0.2, 0) is 4.79 Å². The number of thiazole rings is 1. The minimum atomic E-state index is -0.223. The van der Waals surface area contributed by atoms with Crippen molar-refractivity contribution in [3.63, 3.8) is 0 Å². The largest absolute Gasteiger partial charge is 0.493 e. The third-order valence-electron chi connectivity index (χ3n) is 4.14. The van der Waals surface area contributed by atoms with Gasteiger partial charge in [-0.25, -0.2) is 4.98 Å². The quantitative estimate of drug-likeness (QED) is 0.546. The maximum absolute atomic E-state index is 12.3. The van der Waals surface area contributed by atoms with E-state index in [2.05, 4.69) is 36.3 Å². The summed E-state index contributed by atoms with van der Waals surface area (Å²) in [7, 11) is 1.60. The Kier molecular flexibility index (Phi) is 6.31. The van der Waals surface area contributed by atoms with Crippen LogP contribution in [0.4, 0.5) is 5.13 Å². The topological polar surface area (TPSA) is 60.5 Å². The van der Waals surface area contributed by atoms with E-state index in [9.17, 15) is 4.79 Å². The van der Waals surface area contributed by atoms with Gasteiger partial charge in [-0.1, -0.05) is 30.4 Å². The molecule has 0 bridgehead atoms. The molecule has 6 heteroatoms. The van der Waals surface area contributed by atoms with Crippen LogP contribution < -0.4 is 14.8 Å². The van der Waals surface area contributed by atoms with Crippen LogP contribution in [0.1, 0.15) is 30.0 Å². The Morgan fingerprint density at radius 2 is 2.04 bits per heavy atom. The molecule has 0 atom stereocenters. The van der Waals surface area contributed by atoms with Crippen molar-refractivity contribution in [3.8, 4) is 11.5 Å². The monoisotopic (exact) mass is 396 g/mol. The van der Waals surface area contributed by atoms with Crippen LogP contribution in [0.3, 0.4) is 0 Å². The van der Waals surface area contributed by atoms with E-state index >= 15 is 0 Å². The van der Waals surface area contributed by atoms with Gasteiger partial charge in [0.05, 0.1) is 23.9 Å². The summed E-state index contributed by atoms with van der Waals surface area (Å²) in [4.78, 5) is 16.8. The predicted octanol–water partition coefficient (Wildman–Crippen LogP) is 5.36. The number of hydrogen-bond acceptors (Lipinski definition) is 5. The normalized spacial score (nSPS) is 11.1. The van der Waals surface area contributed by atoms with Gasteiger partial charge in [0, 0.05) is 6.08 Å². The number of fused-ring (bicyclic) bond motifs is 1. The average Bonchev–Trinajstić information content (AvgIpc) is 3.07. The van der Waals surface area contributed by atoms with E-state index in [-0.39, 0.29) is 5.91 Å². The lowest BCUT2D eigenvalue weighted by atomic mass is 10.1. The molecule has 1 N–H and O–H groups in total. The molecule has 0 aliphatic carbocycles. The highest BCUT2D eigenvalue weighted by Gasteiger charge is 2.09. The van der Waals surface area contributed by atoms with E-state index in [0.29, 0.717) is 23.2 Å². The Morgan fingerprint density at radius 3 is 2.79 bits per heavy atom. The number of amides is 1. The highest BCUT2D eigenvalue weighted by Crippen LogP contribution is 2.30. The van der Waals surface area contributed by atoms with Crippen LogP contribution in [0.5, 0.6) is 11.5 Å². The number of nitrogens with zero attached hydrogens (tertiary/aromatic N) is 1. The van der Waals surface area contributed by atoms with Crippen molar-refractivity contribution in [2.75, 3.05) is 19.0 Å². The Bertz CT molecular complexity index is 1020. The predicted molar refractivity (Wildman–Crippen MR) is 116 cm³/mol. The molecule has 0 fully saturated rings. The fraction of sp³-hybridized carbons (Fsp3) is 0.273. The lowest BCUT2D eigenvalue weighted by molar-refractivity contribution is -0.111. The van der Waals surface area contributed by atoms with Gasteiger partial charge in [-0.3, -0.25) is 10.1 Å². The molecule has 0 radical (unpaired) electrons. The third-order valence-corrected chi connectivity index (χ3v) is 5.05. The molecule has 3 aromatic rings. The maximum atomic E-state index is 12.3. The van der Waals surface area contributed by atoms with Crippen LogP contribution in [0.2, 0.25) is 0 Å². The van der Waals surface area contributed by atoms with Crippen molar-refractivity contribution in [3.05, 3.63) is 53.1 Å². The van der Waals surface area contributed by atoms with Crippen molar-refractivity contribution in [2.45, 2.75) is 27.2 Å². The summed E-state index contributed by atoms with van der Waals surface area (Å²) >= 11 is 1.48. The van der Waals surface area contributed by atoms with Gasteiger partial charge in [-0.15, -0.1) is 0 Å². The van der Waals surface area contributed by atoms with Crippen LogP contribution in [-0.4, -0.2) is 24.6 Å². The van der Waals surface area contributed by atoms with Crippen LogP contribution in [0, 0.1) is 13.8 Å². The van der Waals surface area contributed by atoms with Crippen LogP contribution in [0.25, 0.3) is 16.3 Å². The SMILES string of the molecule is CCCOc1ccc(/C=C/C(=O)Nc2nc3c(C)cc(C)cc3s2)cc1OC. The Hall–Kier alpha value is -2.86. The molecule has 146 valence electrons. The van der Waals surface area contributed by atoms with E-state index in [1.54, 1.807) is 13.2 Å². The minimum Gasteiger partial charge on any atom is -0.493 e. The van der Waals surface area contributed by atoms with Crippen molar-refractivity contribution in [2.24, 2.45) is 0 Å². The zero-order valence-corrected chi connectivity index (χ0v) is 17.4. The molecule has 1 heterocycles. The molecule has 0 spiro atoms. The molecular formula is C22H24N2O3S. The van der Waals surface area contributed by atoms with Gasteiger partial charge in [0.1, 0.15) is 0 Å². The number of methoxy groups -OCH3 is 1. The van der Waals surface area contributed by atoms with E-state index in [1.165, 1.54) is 23.0 Å². The van der Waals surface area contributed by atoms with E-state index in [0.717, 1.165) is 27.8 Å². The van der Waals surface area contributed by atoms with Gasteiger partial charge in [0.25, 0.3) is 0 Å². The van der Waals surface area contributed by atoms with Gasteiger partial charge >= 0.3 is 0 Å². The average molecular weight is 397 g/mol. The zero-order chi connectivity index (χ0) is 20.1. The van der Waals surface area contributed by atoms with E-state index in [4.69, 9.17) is 9.47 Å². The van der Waals surface area contributed by atoms with Gasteiger partial charge in [0.2, 0.25) is 5.91 Å². The maximum Gasteiger partial charge on any atom is 0.250 e. The Balaban J connectivity index is 1.70. The molecule has 1 aromatic heterocycles. The molecule has 0 aliphatic rings. The number of aryl methyl sites for hydroxylation is 2. The van der Waals surface area contributed by atoms with E-state index in [1.807, 2.05) is 25.1 Å². The van der Waals surface area contributed by atoms with Crippen molar-refractivity contribution in [1.29, 1.82) is 0 Å². The van der Waals surface area contributed by atoms with E-state index < -0.39 is 0 Å².